The monoisotopic (exact) mass is 137 g/mol. The SMILES string of the molecule is C1=NCC(C2CCCC2)C1. The third kappa shape index (κ3) is 1.09. The summed E-state index contributed by atoms with van der Waals surface area (Å²) in [4.78, 5) is 4.28. The minimum absolute atomic E-state index is 0.933. The molecule has 1 aliphatic carbocycles. The van der Waals surface area contributed by atoms with Crippen LogP contribution in [0.4, 0.5) is 0 Å². The lowest BCUT2D eigenvalue weighted by Gasteiger charge is -2.15. The molecule has 0 spiro atoms. The van der Waals surface area contributed by atoms with Gasteiger partial charge in [0.1, 0.15) is 0 Å². The Morgan fingerprint density at radius 1 is 1.10 bits per heavy atom. The molecule has 56 valence electrons. The van der Waals surface area contributed by atoms with E-state index in [0.717, 1.165) is 18.4 Å². The van der Waals surface area contributed by atoms with E-state index in [9.17, 15) is 0 Å². The fourth-order valence-electron chi connectivity index (χ4n) is 2.26. The molecule has 0 amide bonds. The largest absolute Gasteiger partial charge is 0.297 e. The lowest BCUT2D eigenvalue weighted by atomic mass is 9.90. The van der Waals surface area contributed by atoms with Crippen LogP contribution in [0.1, 0.15) is 32.1 Å². The normalized spacial score (nSPS) is 33.8. The third-order valence-electron chi connectivity index (χ3n) is 2.94. The predicted octanol–water partition coefficient (Wildman–Crippen LogP) is 2.27. The molecule has 0 aromatic carbocycles. The highest BCUT2D eigenvalue weighted by molar-refractivity contribution is 5.59. The molecule has 2 aliphatic rings. The molecule has 1 fully saturated rings. The molecular weight excluding hydrogens is 122 g/mol. The fraction of sp³-hybridized carbons (Fsp3) is 0.889. The molecule has 1 nitrogen and oxygen atoms in total. The molecule has 1 aliphatic heterocycles. The highest BCUT2D eigenvalue weighted by atomic mass is 14.7. The van der Waals surface area contributed by atoms with Crippen LogP contribution >= 0.6 is 0 Å². The average Bonchev–Trinajstić information content (AvgIpc) is 2.59. The molecule has 1 atom stereocenters. The van der Waals surface area contributed by atoms with Crippen molar-refractivity contribution in [2.75, 3.05) is 6.54 Å². The van der Waals surface area contributed by atoms with Crippen LogP contribution in [0.25, 0.3) is 0 Å². The summed E-state index contributed by atoms with van der Waals surface area (Å²) >= 11 is 0. The van der Waals surface area contributed by atoms with Crippen LogP contribution in [-0.4, -0.2) is 12.8 Å². The zero-order valence-electron chi connectivity index (χ0n) is 6.42. The summed E-state index contributed by atoms with van der Waals surface area (Å²) in [5, 5.41) is 0. The van der Waals surface area contributed by atoms with Gasteiger partial charge in [-0.2, -0.15) is 0 Å². The quantitative estimate of drug-likeness (QED) is 0.525. The van der Waals surface area contributed by atoms with Gasteiger partial charge in [-0.25, -0.2) is 0 Å². The first-order valence-corrected chi connectivity index (χ1v) is 4.45. The number of hydrogen-bond acceptors (Lipinski definition) is 1. The van der Waals surface area contributed by atoms with Gasteiger partial charge in [-0.3, -0.25) is 4.99 Å². The average molecular weight is 137 g/mol. The van der Waals surface area contributed by atoms with Crippen molar-refractivity contribution in [3.63, 3.8) is 0 Å². The summed E-state index contributed by atoms with van der Waals surface area (Å²) in [6.45, 7) is 1.13. The Morgan fingerprint density at radius 2 is 1.90 bits per heavy atom. The fourth-order valence-corrected chi connectivity index (χ4v) is 2.26. The van der Waals surface area contributed by atoms with Crippen LogP contribution in [0, 0.1) is 11.8 Å². The Labute approximate surface area is 62.5 Å². The maximum Gasteiger partial charge on any atom is 0.0419 e. The maximum atomic E-state index is 4.28. The smallest absolute Gasteiger partial charge is 0.0419 e. The van der Waals surface area contributed by atoms with Gasteiger partial charge >= 0.3 is 0 Å². The van der Waals surface area contributed by atoms with E-state index in [0.29, 0.717) is 0 Å². The summed E-state index contributed by atoms with van der Waals surface area (Å²) in [5.74, 6) is 1.96. The number of rotatable bonds is 1. The molecule has 1 heterocycles. The van der Waals surface area contributed by atoms with Gasteiger partial charge in [0.15, 0.2) is 0 Å². The van der Waals surface area contributed by atoms with Crippen molar-refractivity contribution < 1.29 is 0 Å². The van der Waals surface area contributed by atoms with Crippen molar-refractivity contribution in [2.45, 2.75) is 32.1 Å². The molecular formula is C9H15N. The Kier molecular flexibility index (Phi) is 1.74. The minimum atomic E-state index is 0.933. The van der Waals surface area contributed by atoms with Gasteiger partial charge in [0, 0.05) is 6.54 Å². The Bertz CT molecular complexity index is 126. The van der Waals surface area contributed by atoms with E-state index in [1.54, 1.807) is 0 Å². The van der Waals surface area contributed by atoms with E-state index < -0.39 is 0 Å². The zero-order valence-corrected chi connectivity index (χ0v) is 6.42. The standard InChI is InChI=1S/C9H15N/c1-2-4-8(3-1)9-5-6-10-7-9/h6,8-9H,1-5,7H2. The Hall–Kier alpha value is -0.330. The first-order valence-electron chi connectivity index (χ1n) is 4.45. The summed E-state index contributed by atoms with van der Waals surface area (Å²) in [6.07, 6.45) is 9.29. The third-order valence-corrected chi connectivity index (χ3v) is 2.94. The number of nitrogens with zero attached hydrogens (tertiary/aromatic N) is 1. The van der Waals surface area contributed by atoms with Gasteiger partial charge in [0.25, 0.3) is 0 Å². The second-order valence-corrected chi connectivity index (χ2v) is 3.59. The lowest BCUT2D eigenvalue weighted by molar-refractivity contribution is 0.372. The highest BCUT2D eigenvalue weighted by Crippen LogP contribution is 2.34. The second kappa shape index (κ2) is 2.73. The highest BCUT2D eigenvalue weighted by Gasteiger charge is 2.25. The minimum Gasteiger partial charge on any atom is -0.297 e. The topological polar surface area (TPSA) is 12.4 Å². The molecule has 0 aromatic rings. The Morgan fingerprint density at radius 3 is 2.50 bits per heavy atom. The predicted molar refractivity (Wildman–Crippen MR) is 43.4 cm³/mol. The van der Waals surface area contributed by atoms with Gasteiger partial charge in [-0.15, -0.1) is 0 Å². The van der Waals surface area contributed by atoms with Crippen molar-refractivity contribution >= 4 is 6.21 Å². The molecule has 0 saturated heterocycles. The van der Waals surface area contributed by atoms with Gasteiger partial charge in [-0.1, -0.05) is 25.7 Å². The molecule has 0 N–H and O–H groups in total. The van der Waals surface area contributed by atoms with Gasteiger partial charge in [0.05, 0.1) is 0 Å². The van der Waals surface area contributed by atoms with Gasteiger partial charge in [-0.05, 0) is 24.5 Å². The van der Waals surface area contributed by atoms with E-state index in [2.05, 4.69) is 11.2 Å². The van der Waals surface area contributed by atoms with Crippen molar-refractivity contribution in [1.29, 1.82) is 0 Å². The molecule has 0 bridgehead atoms. The van der Waals surface area contributed by atoms with Crippen molar-refractivity contribution in [2.24, 2.45) is 16.8 Å². The summed E-state index contributed by atoms with van der Waals surface area (Å²) in [5.41, 5.74) is 0. The maximum absolute atomic E-state index is 4.28. The summed E-state index contributed by atoms with van der Waals surface area (Å²) in [6, 6.07) is 0. The first kappa shape index (κ1) is 6.38. The van der Waals surface area contributed by atoms with Crippen molar-refractivity contribution in [1.82, 2.24) is 0 Å². The van der Waals surface area contributed by atoms with Crippen molar-refractivity contribution in [3.05, 3.63) is 0 Å². The van der Waals surface area contributed by atoms with Gasteiger partial charge < -0.3 is 0 Å². The summed E-state index contributed by atoms with van der Waals surface area (Å²) < 4.78 is 0. The van der Waals surface area contributed by atoms with Crippen LogP contribution < -0.4 is 0 Å². The van der Waals surface area contributed by atoms with Crippen LogP contribution in [0.5, 0.6) is 0 Å². The van der Waals surface area contributed by atoms with E-state index in [4.69, 9.17) is 0 Å². The molecule has 0 aromatic heterocycles. The van der Waals surface area contributed by atoms with Crippen LogP contribution in [-0.2, 0) is 0 Å². The van der Waals surface area contributed by atoms with Gasteiger partial charge in [0.2, 0.25) is 0 Å². The molecule has 10 heavy (non-hydrogen) atoms. The van der Waals surface area contributed by atoms with E-state index in [1.807, 2.05) is 0 Å². The van der Waals surface area contributed by atoms with Crippen LogP contribution in [0.2, 0.25) is 0 Å². The van der Waals surface area contributed by atoms with Crippen LogP contribution in [0.3, 0.4) is 0 Å². The molecule has 1 heteroatoms. The van der Waals surface area contributed by atoms with Crippen LogP contribution in [0.15, 0.2) is 4.99 Å². The zero-order chi connectivity index (χ0) is 6.81. The van der Waals surface area contributed by atoms with E-state index in [1.165, 1.54) is 32.1 Å². The second-order valence-electron chi connectivity index (χ2n) is 3.59. The first-order chi connectivity index (χ1) is 4.97. The molecule has 1 saturated carbocycles. The lowest BCUT2D eigenvalue weighted by Crippen LogP contribution is -2.10. The molecule has 0 radical (unpaired) electrons. The number of hydrogen-bond donors (Lipinski definition) is 0. The molecule has 2 rings (SSSR count). The van der Waals surface area contributed by atoms with E-state index >= 15 is 0 Å². The number of aliphatic imine (C=N–C) groups is 1. The summed E-state index contributed by atoms with van der Waals surface area (Å²) in [7, 11) is 0. The Balaban J connectivity index is 1.87. The molecule has 1 unspecified atom stereocenters. The van der Waals surface area contributed by atoms with E-state index in [-0.39, 0.29) is 0 Å². The van der Waals surface area contributed by atoms with Crippen molar-refractivity contribution in [3.8, 4) is 0 Å².